The van der Waals surface area contributed by atoms with Gasteiger partial charge >= 0.3 is 0 Å². The van der Waals surface area contributed by atoms with Gasteiger partial charge in [-0.2, -0.15) is 0 Å². The highest BCUT2D eigenvalue weighted by atomic mass is 35.5. The number of aromatic nitrogens is 1. The number of aldehydes is 1. The summed E-state index contributed by atoms with van der Waals surface area (Å²) in [6.07, 6.45) is 3.89. The van der Waals surface area contributed by atoms with Crippen LogP contribution in [-0.2, 0) is 6.61 Å². The van der Waals surface area contributed by atoms with E-state index in [1.165, 1.54) is 0 Å². The number of benzene rings is 1. The van der Waals surface area contributed by atoms with Gasteiger partial charge in [-0.3, -0.25) is 9.78 Å². The summed E-state index contributed by atoms with van der Waals surface area (Å²) in [5, 5.41) is 0.515. The molecule has 3 rings (SSSR count). The molecule has 0 spiro atoms. The van der Waals surface area contributed by atoms with E-state index in [2.05, 4.69) is 4.98 Å². The second kappa shape index (κ2) is 5.38. The van der Waals surface area contributed by atoms with Crippen LogP contribution in [0.25, 0.3) is 0 Å². The lowest BCUT2D eigenvalue weighted by atomic mass is 10.2. The molecule has 1 aromatic carbocycles. The summed E-state index contributed by atoms with van der Waals surface area (Å²) in [6, 6.07) is 5.00. The molecule has 5 nitrogen and oxygen atoms in total. The van der Waals surface area contributed by atoms with E-state index in [1.807, 2.05) is 0 Å². The first kappa shape index (κ1) is 12.7. The molecular weight excluding hydrogens is 282 g/mol. The van der Waals surface area contributed by atoms with Crippen LogP contribution in [0, 0.1) is 0 Å². The van der Waals surface area contributed by atoms with E-state index < -0.39 is 0 Å². The van der Waals surface area contributed by atoms with E-state index in [1.54, 1.807) is 30.6 Å². The maximum atomic E-state index is 11.1. The second-order valence-corrected chi connectivity index (χ2v) is 4.52. The molecule has 0 unspecified atom stereocenters. The minimum atomic E-state index is 0.146. The van der Waals surface area contributed by atoms with Gasteiger partial charge in [-0.1, -0.05) is 11.6 Å². The standard InChI is InChI=1S/C14H10ClNO4/c15-11-5-16-2-1-9(11)7-18-12-4-14-13(19-8-20-14)3-10(12)6-17/h1-6H,7-8H2. The number of rotatable bonds is 4. The van der Waals surface area contributed by atoms with E-state index in [0.29, 0.717) is 34.1 Å². The molecule has 20 heavy (non-hydrogen) atoms. The van der Waals surface area contributed by atoms with Gasteiger partial charge in [0.25, 0.3) is 0 Å². The number of ether oxygens (including phenoxy) is 3. The van der Waals surface area contributed by atoms with Crippen molar-refractivity contribution < 1.29 is 19.0 Å². The maximum absolute atomic E-state index is 11.1. The Labute approximate surface area is 120 Å². The first-order chi connectivity index (χ1) is 9.78. The molecule has 102 valence electrons. The zero-order valence-electron chi connectivity index (χ0n) is 10.3. The molecule has 2 aromatic rings. The van der Waals surface area contributed by atoms with Crippen molar-refractivity contribution in [3.63, 3.8) is 0 Å². The molecule has 0 bridgehead atoms. The van der Waals surface area contributed by atoms with Crippen molar-refractivity contribution in [3.8, 4) is 17.2 Å². The average molecular weight is 292 g/mol. The molecule has 0 radical (unpaired) electrons. The Hall–Kier alpha value is -2.27. The van der Waals surface area contributed by atoms with E-state index in [4.69, 9.17) is 25.8 Å². The quantitative estimate of drug-likeness (QED) is 0.811. The number of carbonyl (C=O) groups is 1. The molecule has 6 heteroatoms. The predicted octanol–water partition coefficient (Wildman–Crippen LogP) is 2.86. The highest BCUT2D eigenvalue weighted by molar-refractivity contribution is 6.31. The van der Waals surface area contributed by atoms with Gasteiger partial charge in [-0.05, 0) is 12.1 Å². The number of hydrogen-bond donors (Lipinski definition) is 0. The van der Waals surface area contributed by atoms with Crippen LogP contribution in [-0.4, -0.2) is 18.1 Å². The molecule has 0 aliphatic carbocycles. The molecular formula is C14H10ClNO4. The Kier molecular flexibility index (Phi) is 3.43. The summed E-state index contributed by atoms with van der Waals surface area (Å²) in [4.78, 5) is 15.0. The maximum Gasteiger partial charge on any atom is 0.231 e. The fraction of sp³-hybridized carbons (Fsp3) is 0.143. The zero-order chi connectivity index (χ0) is 13.9. The van der Waals surface area contributed by atoms with Gasteiger partial charge < -0.3 is 14.2 Å². The smallest absolute Gasteiger partial charge is 0.231 e. The van der Waals surface area contributed by atoms with Gasteiger partial charge in [0.15, 0.2) is 17.8 Å². The Morgan fingerprint density at radius 1 is 1.35 bits per heavy atom. The molecule has 1 aromatic heterocycles. The Bertz CT molecular complexity index is 660. The van der Waals surface area contributed by atoms with Crippen LogP contribution in [0.1, 0.15) is 15.9 Å². The number of nitrogens with zero attached hydrogens (tertiary/aromatic N) is 1. The number of halogens is 1. The Morgan fingerprint density at radius 3 is 2.90 bits per heavy atom. The van der Waals surface area contributed by atoms with Crippen molar-refractivity contribution in [1.82, 2.24) is 4.98 Å². The van der Waals surface area contributed by atoms with Crippen molar-refractivity contribution in [3.05, 3.63) is 46.7 Å². The van der Waals surface area contributed by atoms with E-state index in [9.17, 15) is 4.79 Å². The van der Waals surface area contributed by atoms with Crippen LogP contribution in [0.2, 0.25) is 5.02 Å². The third-order valence-corrected chi connectivity index (χ3v) is 3.21. The third kappa shape index (κ3) is 2.40. The molecule has 0 saturated carbocycles. The molecule has 0 N–H and O–H groups in total. The Balaban J connectivity index is 1.84. The van der Waals surface area contributed by atoms with Crippen molar-refractivity contribution in [2.45, 2.75) is 6.61 Å². The van der Waals surface area contributed by atoms with Gasteiger partial charge in [0.05, 0.1) is 10.6 Å². The van der Waals surface area contributed by atoms with Crippen LogP contribution in [0.15, 0.2) is 30.6 Å². The lowest BCUT2D eigenvalue weighted by molar-refractivity contribution is 0.111. The molecule has 0 atom stereocenters. The van der Waals surface area contributed by atoms with Gasteiger partial charge in [0.1, 0.15) is 12.4 Å². The van der Waals surface area contributed by atoms with Crippen LogP contribution >= 0.6 is 11.6 Å². The summed E-state index contributed by atoms with van der Waals surface area (Å²) >= 11 is 6.00. The van der Waals surface area contributed by atoms with Crippen molar-refractivity contribution in [2.24, 2.45) is 0 Å². The van der Waals surface area contributed by atoms with Gasteiger partial charge in [0, 0.05) is 24.0 Å². The normalized spacial score (nSPS) is 12.2. The SMILES string of the molecule is O=Cc1cc2c(cc1OCc1ccncc1Cl)OCO2. The molecule has 0 saturated heterocycles. The van der Waals surface area contributed by atoms with Crippen molar-refractivity contribution in [1.29, 1.82) is 0 Å². The lowest BCUT2D eigenvalue weighted by Gasteiger charge is -2.10. The van der Waals surface area contributed by atoms with Gasteiger partial charge in [0.2, 0.25) is 6.79 Å². The monoisotopic (exact) mass is 291 g/mol. The third-order valence-electron chi connectivity index (χ3n) is 2.87. The topological polar surface area (TPSA) is 57.7 Å². The van der Waals surface area contributed by atoms with Crippen molar-refractivity contribution in [2.75, 3.05) is 6.79 Å². The Morgan fingerprint density at radius 2 is 2.15 bits per heavy atom. The molecule has 0 fully saturated rings. The van der Waals surface area contributed by atoms with Crippen molar-refractivity contribution >= 4 is 17.9 Å². The fourth-order valence-electron chi connectivity index (χ4n) is 1.83. The van der Waals surface area contributed by atoms with E-state index >= 15 is 0 Å². The van der Waals surface area contributed by atoms with Gasteiger partial charge in [-0.15, -0.1) is 0 Å². The molecule has 0 amide bonds. The fourth-order valence-corrected chi connectivity index (χ4v) is 2.01. The number of hydrogen-bond acceptors (Lipinski definition) is 5. The van der Waals surface area contributed by atoms with E-state index in [0.717, 1.165) is 5.56 Å². The summed E-state index contributed by atoms with van der Waals surface area (Å²) in [7, 11) is 0. The first-order valence-corrected chi connectivity index (χ1v) is 6.26. The minimum absolute atomic E-state index is 0.146. The highest BCUT2D eigenvalue weighted by Gasteiger charge is 2.18. The largest absolute Gasteiger partial charge is 0.488 e. The predicted molar refractivity (Wildman–Crippen MR) is 71.5 cm³/mol. The summed E-state index contributed by atoms with van der Waals surface area (Å²) in [6.45, 7) is 0.384. The summed E-state index contributed by atoms with van der Waals surface area (Å²) in [5.41, 5.74) is 1.19. The average Bonchev–Trinajstić information content (AvgIpc) is 2.92. The molecule has 1 aliphatic rings. The molecule has 1 aliphatic heterocycles. The molecule has 2 heterocycles. The number of fused-ring (bicyclic) bond motifs is 1. The second-order valence-electron chi connectivity index (χ2n) is 4.12. The summed E-state index contributed by atoms with van der Waals surface area (Å²) < 4.78 is 16.1. The van der Waals surface area contributed by atoms with Crippen LogP contribution in [0.4, 0.5) is 0 Å². The number of pyridine rings is 1. The van der Waals surface area contributed by atoms with Crippen LogP contribution in [0.3, 0.4) is 0 Å². The number of carbonyl (C=O) groups excluding carboxylic acids is 1. The van der Waals surface area contributed by atoms with Crippen LogP contribution in [0.5, 0.6) is 17.2 Å². The minimum Gasteiger partial charge on any atom is -0.488 e. The first-order valence-electron chi connectivity index (χ1n) is 5.88. The van der Waals surface area contributed by atoms with E-state index in [-0.39, 0.29) is 13.4 Å². The lowest BCUT2D eigenvalue weighted by Crippen LogP contribution is -1.99. The van der Waals surface area contributed by atoms with Gasteiger partial charge in [-0.25, -0.2) is 0 Å². The summed E-state index contributed by atoms with van der Waals surface area (Å²) in [5.74, 6) is 1.53. The zero-order valence-corrected chi connectivity index (χ0v) is 11.1. The van der Waals surface area contributed by atoms with Crippen LogP contribution < -0.4 is 14.2 Å². The highest BCUT2D eigenvalue weighted by Crippen LogP contribution is 2.37.